The molecule has 1 unspecified atom stereocenters. The molecule has 1 fully saturated rings. The summed E-state index contributed by atoms with van der Waals surface area (Å²) in [5.41, 5.74) is 1.09. The molecule has 0 saturated carbocycles. The summed E-state index contributed by atoms with van der Waals surface area (Å²) in [4.78, 5) is 11.8. The highest BCUT2D eigenvalue weighted by Crippen LogP contribution is 2.14. The highest BCUT2D eigenvalue weighted by molar-refractivity contribution is 7.91. The van der Waals surface area contributed by atoms with E-state index in [0.717, 1.165) is 0 Å². The quantitative estimate of drug-likeness (QED) is 0.868. The molecule has 1 aliphatic heterocycles. The molecule has 0 radical (unpaired) electrons. The lowest BCUT2D eigenvalue weighted by Gasteiger charge is -2.23. The molecule has 110 valence electrons. The van der Waals surface area contributed by atoms with Crippen LogP contribution in [0.2, 0.25) is 0 Å². The number of nitrogens with one attached hydrogen (secondary N) is 2. The van der Waals surface area contributed by atoms with Gasteiger partial charge in [0.25, 0.3) is 0 Å². The number of carbonyl (C=O) groups excluding carboxylic acids is 1. The second-order valence-electron chi connectivity index (χ2n) is 5.03. The van der Waals surface area contributed by atoms with Gasteiger partial charge in [-0.1, -0.05) is 0 Å². The van der Waals surface area contributed by atoms with Crippen LogP contribution in [0.4, 0.5) is 10.1 Å². The number of anilines is 1. The molecule has 0 aromatic heterocycles. The van der Waals surface area contributed by atoms with Gasteiger partial charge in [-0.3, -0.25) is 4.79 Å². The smallest absolute Gasteiger partial charge is 0.225 e. The third-order valence-corrected chi connectivity index (χ3v) is 4.80. The van der Waals surface area contributed by atoms with Crippen molar-refractivity contribution in [1.82, 2.24) is 5.32 Å². The van der Waals surface area contributed by atoms with E-state index in [-0.39, 0.29) is 29.9 Å². The van der Waals surface area contributed by atoms with Crippen molar-refractivity contribution in [3.05, 3.63) is 29.6 Å². The summed E-state index contributed by atoms with van der Waals surface area (Å²) < 4.78 is 36.1. The molecule has 1 atom stereocenters. The zero-order valence-electron chi connectivity index (χ0n) is 11.1. The molecule has 1 aromatic carbocycles. The van der Waals surface area contributed by atoms with Gasteiger partial charge in [-0.25, -0.2) is 12.8 Å². The standard InChI is InChI=1S/C13H17FN2O3S/c1-9-4-10(14)6-11(5-9)16-13(17)7-12-8-20(18,19)3-2-15-12/h4-6,12,15H,2-3,7-8H2,1H3,(H,16,17). The van der Waals surface area contributed by atoms with Crippen LogP contribution in [0.15, 0.2) is 18.2 Å². The summed E-state index contributed by atoms with van der Waals surface area (Å²) >= 11 is 0. The highest BCUT2D eigenvalue weighted by atomic mass is 32.2. The van der Waals surface area contributed by atoms with E-state index in [2.05, 4.69) is 10.6 Å². The first-order valence-electron chi connectivity index (χ1n) is 6.35. The first kappa shape index (κ1) is 14.9. The third kappa shape index (κ3) is 4.28. The van der Waals surface area contributed by atoms with Crippen LogP contribution in [0, 0.1) is 12.7 Å². The zero-order chi connectivity index (χ0) is 14.8. The van der Waals surface area contributed by atoms with Crippen LogP contribution in [0.3, 0.4) is 0 Å². The average molecular weight is 300 g/mol. The van der Waals surface area contributed by atoms with Gasteiger partial charge >= 0.3 is 0 Å². The van der Waals surface area contributed by atoms with Crippen molar-refractivity contribution in [2.24, 2.45) is 0 Å². The van der Waals surface area contributed by atoms with E-state index in [1.54, 1.807) is 13.0 Å². The molecule has 0 aliphatic carbocycles. The van der Waals surface area contributed by atoms with Crippen molar-refractivity contribution in [2.45, 2.75) is 19.4 Å². The van der Waals surface area contributed by atoms with Crippen LogP contribution in [0.5, 0.6) is 0 Å². The van der Waals surface area contributed by atoms with E-state index >= 15 is 0 Å². The molecule has 1 amide bonds. The van der Waals surface area contributed by atoms with E-state index < -0.39 is 15.7 Å². The van der Waals surface area contributed by atoms with Crippen LogP contribution in [-0.4, -0.2) is 38.4 Å². The molecule has 2 rings (SSSR count). The van der Waals surface area contributed by atoms with Crippen molar-refractivity contribution >= 4 is 21.4 Å². The number of rotatable bonds is 3. The van der Waals surface area contributed by atoms with Gasteiger partial charge in [-0.2, -0.15) is 0 Å². The molecule has 1 aliphatic rings. The number of aryl methyl sites for hydroxylation is 1. The Bertz CT molecular complexity index is 596. The zero-order valence-corrected chi connectivity index (χ0v) is 12.0. The predicted molar refractivity (Wildman–Crippen MR) is 74.8 cm³/mol. The number of halogens is 1. The number of hydrogen-bond donors (Lipinski definition) is 2. The summed E-state index contributed by atoms with van der Waals surface area (Å²) in [6, 6.07) is 3.87. The minimum atomic E-state index is -3.07. The van der Waals surface area contributed by atoms with Crippen molar-refractivity contribution in [2.75, 3.05) is 23.4 Å². The van der Waals surface area contributed by atoms with Crippen LogP contribution in [-0.2, 0) is 14.6 Å². The summed E-state index contributed by atoms with van der Waals surface area (Å²) in [6.07, 6.45) is 0.0504. The largest absolute Gasteiger partial charge is 0.326 e. The molecule has 5 nitrogen and oxygen atoms in total. The topological polar surface area (TPSA) is 75.3 Å². The predicted octanol–water partition coefficient (Wildman–Crippen LogP) is 0.849. The van der Waals surface area contributed by atoms with E-state index in [4.69, 9.17) is 0 Å². The van der Waals surface area contributed by atoms with Gasteiger partial charge in [0, 0.05) is 24.7 Å². The van der Waals surface area contributed by atoms with Gasteiger partial charge in [-0.15, -0.1) is 0 Å². The average Bonchev–Trinajstić information content (AvgIpc) is 2.25. The third-order valence-electron chi connectivity index (χ3n) is 3.06. The van der Waals surface area contributed by atoms with E-state index in [1.807, 2.05) is 0 Å². The normalized spacial score (nSPS) is 21.4. The molecule has 1 heterocycles. The Kier molecular flexibility index (Phi) is 4.39. The highest BCUT2D eigenvalue weighted by Gasteiger charge is 2.25. The van der Waals surface area contributed by atoms with Crippen molar-refractivity contribution in [1.29, 1.82) is 0 Å². The second-order valence-corrected chi connectivity index (χ2v) is 7.26. The Morgan fingerprint density at radius 3 is 2.85 bits per heavy atom. The lowest BCUT2D eigenvalue weighted by molar-refractivity contribution is -0.116. The maximum atomic E-state index is 13.2. The summed E-state index contributed by atoms with van der Waals surface area (Å²) in [6.45, 7) is 2.09. The summed E-state index contributed by atoms with van der Waals surface area (Å²) in [7, 11) is -3.07. The Labute approximate surface area is 117 Å². The summed E-state index contributed by atoms with van der Waals surface area (Å²) in [5.74, 6) is -0.681. The van der Waals surface area contributed by atoms with Crippen molar-refractivity contribution < 1.29 is 17.6 Å². The first-order chi connectivity index (χ1) is 9.34. The van der Waals surface area contributed by atoms with Crippen LogP contribution < -0.4 is 10.6 Å². The van der Waals surface area contributed by atoms with Gasteiger partial charge in [0.05, 0.1) is 11.5 Å². The van der Waals surface area contributed by atoms with Gasteiger partial charge in [-0.05, 0) is 30.7 Å². The van der Waals surface area contributed by atoms with Gasteiger partial charge in [0.15, 0.2) is 9.84 Å². The molecular formula is C13H17FN2O3S. The Hall–Kier alpha value is -1.47. The maximum Gasteiger partial charge on any atom is 0.225 e. The molecule has 0 spiro atoms. The molecule has 20 heavy (non-hydrogen) atoms. The van der Waals surface area contributed by atoms with E-state index in [9.17, 15) is 17.6 Å². The number of benzene rings is 1. The Morgan fingerprint density at radius 1 is 1.45 bits per heavy atom. The number of hydrogen-bond acceptors (Lipinski definition) is 4. The van der Waals surface area contributed by atoms with Crippen LogP contribution >= 0.6 is 0 Å². The number of sulfone groups is 1. The molecule has 1 saturated heterocycles. The second kappa shape index (κ2) is 5.88. The number of carbonyl (C=O) groups is 1. The van der Waals surface area contributed by atoms with Crippen molar-refractivity contribution in [3.8, 4) is 0 Å². The Balaban J connectivity index is 1.95. The van der Waals surface area contributed by atoms with E-state index in [0.29, 0.717) is 17.8 Å². The van der Waals surface area contributed by atoms with Crippen LogP contribution in [0.25, 0.3) is 0 Å². The monoisotopic (exact) mass is 300 g/mol. The number of amides is 1. The fraction of sp³-hybridized carbons (Fsp3) is 0.462. The fourth-order valence-electron chi connectivity index (χ4n) is 2.24. The molecular weight excluding hydrogens is 283 g/mol. The van der Waals surface area contributed by atoms with Gasteiger partial charge in [0.1, 0.15) is 5.82 Å². The molecule has 1 aromatic rings. The Morgan fingerprint density at radius 2 is 2.20 bits per heavy atom. The van der Waals surface area contributed by atoms with E-state index in [1.165, 1.54) is 12.1 Å². The molecule has 0 bridgehead atoms. The summed E-state index contributed by atoms with van der Waals surface area (Å²) in [5, 5.41) is 5.58. The molecule has 2 N–H and O–H groups in total. The maximum absolute atomic E-state index is 13.2. The van der Waals surface area contributed by atoms with Crippen molar-refractivity contribution in [3.63, 3.8) is 0 Å². The minimum Gasteiger partial charge on any atom is -0.326 e. The lowest BCUT2D eigenvalue weighted by atomic mass is 10.2. The van der Waals surface area contributed by atoms with Gasteiger partial charge < -0.3 is 10.6 Å². The first-order valence-corrected chi connectivity index (χ1v) is 8.17. The fourth-order valence-corrected chi connectivity index (χ4v) is 3.69. The molecule has 7 heteroatoms. The van der Waals surface area contributed by atoms with Gasteiger partial charge in [0.2, 0.25) is 5.91 Å². The van der Waals surface area contributed by atoms with Crippen LogP contribution in [0.1, 0.15) is 12.0 Å². The minimum absolute atomic E-state index is 0.0391. The lowest BCUT2D eigenvalue weighted by Crippen LogP contribution is -2.46. The SMILES string of the molecule is Cc1cc(F)cc(NC(=O)CC2CS(=O)(=O)CCN2)c1.